The van der Waals surface area contributed by atoms with Crippen molar-refractivity contribution in [2.75, 3.05) is 5.73 Å². The number of rotatable bonds is 8. The Labute approximate surface area is 166 Å². The van der Waals surface area contributed by atoms with Gasteiger partial charge in [-0.05, 0) is 66.3 Å². The van der Waals surface area contributed by atoms with E-state index in [-0.39, 0.29) is 0 Å². The van der Waals surface area contributed by atoms with E-state index in [1.165, 1.54) is 80.9 Å². The van der Waals surface area contributed by atoms with Crippen LogP contribution in [-0.4, -0.2) is 0 Å². The SMILES string of the molecule is CCCCCCC1(c2ccccc2Cc2ccc(N)c(C)c2)CCCCC1. The molecule has 146 valence electrons. The van der Waals surface area contributed by atoms with Gasteiger partial charge >= 0.3 is 0 Å². The molecular weight excluding hydrogens is 326 g/mol. The zero-order chi connectivity index (χ0) is 19.1. The molecule has 1 fully saturated rings. The van der Waals surface area contributed by atoms with Gasteiger partial charge in [0, 0.05) is 5.69 Å². The minimum absolute atomic E-state index is 0.408. The van der Waals surface area contributed by atoms with Crippen LogP contribution in [0.4, 0.5) is 5.69 Å². The molecule has 3 rings (SSSR count). The maximum Gasteiger partial charge on any atom is 0.0343 e. The van der Waals surface area contributed by atoms with Gasteiger partial charge in [-0.3, -0.25) is 0 Å². The van der Waals surface area contributed by atoms with E-state index in [4.69, 9.17) is 5.73 Å². The third-order valence-corrected chi connectivity index (χ3v) is 6.64. The monoisotopic (exact) mass is 363 g/mol. The number of hydrogen-bond donors (Lipinski definition) is 1. The van der Waals surface area contributed by atoms with Crippen molar-refractivity contribution in [1.29, 1.82) is 0 Å². The van der Waals surface area contributed by atoms with E-state index in [9.17, 15) is 0 Å². The second-order valence-corrected chi connectivity index (χ2v) is 8.68. The molecule has 0 amide bonds. The Morgan fingerprint density at radius 3 is 2.44 bits per heavy atom. The summed E-state index contributed by atoms with van der Waals surface area (Å²) in [5, 5.41) is 0. The van der Waals surface area contributed by atoms with Gasteiger partial charge in [-0.2, -0.15) is 0 Å². The lowest BCUT2D eigenvalue weighted by atomic mass is 9.65. The van der Waals surface area contributed by atoms with Crippen LogP contribution in [0.2, 0.25) is 0 Å². The van der Waals surface area contributed by atoms with Crippen molar-refractivity contribution >= 4 is 5.69 Å². The Balaban J connectivity index is 1.87. The summed E-state index contributed by atoms with van der Waals surface area (Å²) in [5.74, 6) is 0. The number of benzene rings is 2. The molecule has 1 nitrogen and oxygen atoms in total. The first-order valence-corrected chi connectivity index (χ1v) is 11.1. The molecule has 0 heterocycles. The molecule has 0 bridgehead atoms. The predicted molar refractivity (Wildman–Crippen MR) is 118 cm³/mol. The van der Waals surface area contributed by atoms with Crippen molar-refractivity contribution in [3.63, 3.8) is 0 Å². The van der Waals surface area contributed by atoms with Gasteiger partial charge in [-0.25, -0.2) is 0 Å². The van der Waals surface area contributed by atoms with Crippen molar-refractivity contribution in [3.8, 4) is 0 Å². The number of anilines is 1. The summed E-state index contributed by atoms with van der Waals surface area (Å²) in [6.45, 7) is 4.42. The van der Waals surface area contributed by atoms with Gasteiger partial charge in [0.1, 0.15) is 0 Å². The van der Waals surface area contributed by atoms with Crippen LogP contribution in [-0.2, 0) is 11.8 Å². The molecule has 2 N–H and O–H groups in total. The van der Waals surface area contributed by atoms with Gasteiger partial charge in [-0.1, -0.05) is 88.3 Å². The lowest BCUT2D eigenvalue weighted by molar-refractivity contribution is 0.264. The highest BCUT2D eigenvalue weighted by molar-refractivity contribution is 5.49. The van der Waals surface area contributed by atoms with Gasteiger partial charge in [0.15, 0.2) is 0 Å². The van der Waals surface area contributed by atoms with Crippen molar-refractivity contribution in [1.82, 2.24) is 0 Å². The van der Waals surface area contributed by atoms with Crippen molar-refractivity contribution in [2.24, 2.45) is 0 Å². The number of nitrogen functional groups attached to an aromatic ring is 1. The molecule has 0 aromatic heterocycles. The van der Waals surface area contributed by atoms with Crippen LogP contribution in [0.5, 0.6) is 0 Å². The number of nitrogens with two attached hydrogens (primary N) is 1. The molecule has 2 aromatic carbocycles. The van der Waals surface area contributed by atoms with Crippen LogP contribution < -0.4 is 5.73 Å². The van der Waals surface area contributed by atoms with E-state index in [0.717, 1.165) is 12.1 Å². The zero-order valence-electron chi connectivity index (χ0n) is 17.4. The molecule has 27 heavy (non-hydrogen) atoms. The second-order valence-electron chi connectivity index (χ2n) is 8.68. The lowest BCUT2D eigenvalue weighted by Crippen LogP contribution is -2.30. The first-order chi connectivity index (χ1) is 13.1. The summed E-state index contributed by atoms with van der Waals surface area (Å²) in [6.07, 6.45) is 14.8. The first kappa shape index (κ1) is 20.0. The van der Waals surface area contributed by atoms with Gasteiger partial charge in [0.2, 0.25) is 0 Å². The van der Waals surface area contributed by atoms with Gasteiger partial charge in [-0.15, -0.1) is 0 Å². The highest BCUT2D eigenvalue weighted by Gasteiger charge is 2.34. The highest BCUT2D eigenvalue weighted by Crippen LogP contribution is 2.45. The van der Waals surface area contributed by atoms with E-state index in [0.29, 0.717) is 5.41 Å². The fourth-order valence-corrected chi connectivity index (χ4v) is 5.03. The van der Waals surface area contributed by atoms with Crippen LogP contribution >= 0.6 is 0 Å². The molecule has 1 heteroatoms. The molecule has 0 spiro atoms. The molecule has 0 atom stereocenters. The summed E-state index contributed by atoms with van der Waals surface area (Å²) in [5.41, 5.74) is 13.1. The molecule has 0 aliphatic heterocycles. The molecule has 0 saturated heterocycles. The van der Waals surface area contributed by atoms with Crippen molar-refractivity contribution in [2.45, 2.75) is 89.9 Å². The summed E-state index contributed by atoms with van der Waals surface area (Å²) in [6, 6.07) is 15.8. The molecule has 1 aliphatic carbocycles. The molecule has 1 aliphatic rings. The summed E-state index contributed by atoms with van der Waals surface area (Å²) < 4.78 is 0. The average Bonchev–Trinajstić information content (AvgIpc) is 2.69. The Bertz CT molecular complexity index is 725. The molecule has 2 aromatic rings. The van der Waals surface area contributed by atoms with E-state index >= 15 is 0 Å². The standard InChI is InChI=1S/C26H37N/c1-3-4-5-9-16-26(17-10-6-11-18-26)24-13-8-7-12-23(24)20-22-14-15-25(27)21(2)19-22/h7-8,12-15,19H,3-6,9-11,16-18,20,27H2,1-2H3. The number of hydrogen-bond acceptors (Lipinski definition) is 1. The minimum Gasteiger partial charge on any atom is -0.399 e. The third kappa shape index (κ3) is 4.94. The summed E-state index contributed by atoms with van der Waals surface area (Å²) >= 11 is 0. The minimum atomic E-state index is 0.408. The lowest BCUT2D eigenvalue weighted by Gasteiger charge is -2.39. The second kappa shape index (κ2) is 9.44. The fourth-order valence-electron chi connectivity index (χ4n) is 5.03. The molecular formula is C26H37N. The quantitative estimate of drug-likeness (QED) is 0.385. The third-order valence-electron chi connectivity index (χ3n) is 6.64. The Kier molecular flexibility index (Phi) is 6.99. The van der Waals surface area contributed by atoms with Gasteiger partial charge < -0.3 is 5.73 Å². The molecule has 0 unspecified atom stereocenters. The first-order valence-electron chi connectivity index (χ1n) is 11.1. The Morgan fingerprint density at radius 2 is 1.70 bits per heavy atom. The summed E-state index contributed by atoms with van der Waals surface area (Å²) in [7, 11) is 0. The van der Waals surface area contributed by atoms with E-state index in [1.807, 2.05) is 0 Å². The van der Waals surface area contributed by atoms with Crippen molar-refractivity contribution < 1.29 is 0 Å². The van der Waals surface area contributed by atoms with Crippen molar-refractivity contribution in [3.05, 3.63) is 64.7 Å². The van der Waals surface area contributed by atoms with Crippen LogP contribution in [0.25, 0.3) is 0 Å². The maximum atomic E-state index is 6.03. The number of aryl methyl sites for hydroxylation is 1. The predicted octanol–water partition coefficient (Wildman–Crippen LogP) is 7.34. The van der Waals surface area contributed by atoms with Gasteiger partial charge in [0.05, 0.1) is 0 Å². The molecule has 0 radical (unpaired) electrons. The zero-order valence-corrected chi connectivity index (χ0v) is 17.4. The van der Waals surface area contributed by atoms with E-state index < -0.39 is 0 Å². The smallest absolute Gasteiger partial charge is 0.0343 e. The van der Waals surface area contributed by atoms with Crippen LogP contribution in [0.3, 0.4) is 0 Å². The fraction of sp³-hybridized carbons (Fsp3) is 0.538. The highest BCUT2D eigenvalue weighted by atomic mass is 14.5. The average molecular weight is 364 g/mol. The summed E-state index contributed by atoms with van der Waals surface area (Å²) in [4.78, 5) is 0. The van der Waals surface area contributed by atoms with Crippen LogP contribution in [0.1, 0.15) is 93.4 Å². The normalized spacial score (nSPS) is 16.4. The molecule has 1 saturated carbocycles. The Hall–Kier alpha value is -1.76. The largest absolute Gasteiger partial charge is 0.399 e. The maximum absolute atomic E-state index is 6.03. The van der Waals surface area contributed by atoms with Gasteiger partial charge in [0.25, 0.3) is 0 Å². The van der Waals surface area contributed by atoms with E-state index in [2.05, 4.69) is 56.3 Å². The van der Waals surface area contributed by atoms with Crippen LogP contribution in [0, 0.1) is 6.92 Å². The number of unbranched alkanes of at least 4 members (excludes halogenated alkanes) is 3. The topological polar surface area (TPSA) is 26.0 Å². The Morgan fingerprint density at radius 1 is 0.926 bits per heavy atom. The van der Waals surface area contributed by atoms with Crippen LogP contribution in [0.15, 0.2) is 42.5 Å². The van der Waals surface area contributed by atoms with E-state index in [1.54, 1.807) is 5.56 Å².